The van der Waals surface area contributed by atoms with Gasteiger partial charge in [-0.3, -0.25) is 14.8 Å². The van der Waals surface area contributed by atoms with E-state index < -0.39 is 0 Å². The molecular weight excluding hydrogens is 322 g/mol. The quantitative estimate of drug-likeness (QED) is 0.824. The number of hydrogen-bond acceptors (Lipinski definition) is 4. The summed E-state index contributed by atoms with van der Waals surface area (Å²) in [4.78, 5) is 9.58. The fourth-order valence-electron chi connectivity index (χ4n) is 4.21. The Morgan fingerprint density at radius 3 is 3.04 bits per heavy atom. The summed E-state index contributed by atoms with van der Waals surface area (Å²) in [6, 6.07) is 13.6. The van der Waals surface area contributed by atoms with Crippen LogP contribution in [0.25, 0.3) is 0 Å². The molecule has 4 rings (SSSR count). The van der Waals surface area contributed by atoms with Crippen LogP contribution in [-0.2, 0) is 19.5 Å². The van der Waals surface area contributed by atoms with E-state index in [1.54, 1.807) is 0 Å². The molecule has 0 spiro atoms. The summed E-state index contributed by atoms with van der Waals surface area (Å²) >= 11 is 0. The molecule has 0 saturated carbocycles. The van der Waals surface area contributed by atoms with Crippen LogP contribution in [0, 0.1) is 0 Å². The van der Waals surface area contributed by atoms with Crippen molar-refractivity contribution < 1.29 is 4.74 Å². The summed E-state index contributed by atoms with van der Waals surface area (Å²) in [5.74, 6) is 1.08. The van der Waals surface area contributed by atoms with Crippen molar-refractivity contribution in [2.45, 2.75) is 44.8 Å². The predicted octanol–water partition coefficient (Wildman–Crippen LogP) is 3.50. The van der Waals surface area contributed by atoms with Crippen molar-refractivity contribution in [3.63, 3.8) is 0 Å². The van der Waals surface area contributed by atoms with Crippen LogP contribution in [-0.4, -0.2) is 47.6 Å². The van der Waals surface area contributed by atoms with Crippen molar-refractivity contribution in [2.24, 2.45) is 0 Å². The fraction of sp³-hybridized carbons (Fsp3) is 0.500. The molecule has 138 valence electrons. The van der Waals surface area contributed by atoms with Crippen molar-refractivity contribution in [2.75, 3.05) is 26.7 Å². The zero-order valence-corrected chi connectivity index (χ0v) is 15.7. The van der Waals surface area contributed by atoms with Gasteiger partial charge in [0, 0.05) is 31.7 Å². The second kappa shape index (κ2) is 8.19. The number of fused-ring (bicyclic) bond motifs is 1. The second-order valence-corrected chi connectivity index (χ2v) is 7.64. The van der Waals surface area contributed by atoms with Gasteiger partial charge < -0.3 is 4.74 Å². The van der Waals surface area contributed by atoms with Gasteiger partial charge in [-0.2, -0.15) is 0 Å². The summed E-state index contributed by atoms with van der Waals surface area (Å²) < 4.78 is 5.63. The molecule has 2 aliphatic heterocycles. The van der Waals surface area contributed by atoms with E-state index in [1.807, 2.05) is 12.3 Å². The zero-order valence-electron chi connectivity index (χ0n) is 15.7. The van der Waals surface area contributed by atoms with Crippen LogP contribution >= 0.6 is 0 Å². The molecule has 0 amide bonds. The highest BCUT2D eigenvalue weighted by molar-refractivity contribution is 5.39. The number of pyridine rings is 1. The number of hydrogen-bond donors (Lipinski definition) is 0. The first kappa shape index (κ1) is 17.5. The van der Waals surface area contributed by atoms with Gasteiger partial charge in [0.2, 0.25) is 0 Å². The highest BCUT2D eigenvalue weighted by Crippen LogP contribution is 2.27. The molecule has 1 atom stereocenters. The lowest BCUT2D eigenvalue weighted by atomic mass is 10.1. The van der Waals surface area contributed by atoms with E-state index in [9.17, 15) is 0 Å². The summed E-state index contributed by atoms with van der Waals surface area (Å²) in [7, 11) is 2.25. The van der Waals surface area contributed by atoms with Crippen LogP contribution in [0.4, 0.5) is 0 Å². The third-order valence-electron chi connectivity index (χ3n) is 5.71. The molecule has 0 aliphatic carbocycles. The lowest BCUT2D eigenvalue weighted by molar-refractivity contribution is 0.204. The first-order valence-corrected chi connectivity index (χ1v) is 9.85. The van der Waals surface area contributed by atoms with Gasteiger partial charge in [0.15, 0.2) is 0 Å². The van der Waals surface area contributed by atoms with Crippen molar-refractivity contribution in [1.29, 1.82) is 0 Å². The van der Waals surface area contributed by atoms with E-state index in [1.165, 1.54) is 43.5 Å². The first-order chi connectivity index (χ1) is 12.8. The van der Waals surface area contributed by atoms with Crippen LogP contribution in [0.15, 0.2) is 42.6 Å². The van der Waals surface area contributed by atoms with Crippen LogP contribution in [0.2, 0.25) is 0 Å². The third kappa shape index (κ3) is 4.25. The number of nitrogens with zero attached hydrogens (tertiary/aromatic N) is 3. The van der Waals surface area contributed by atoms with E-state index in [2.05, 4.69) is 52.2 Å². The monoisotopic (exact) mass is 351 g/mol. The minimum Gasteiger partial charge on any atom is -0.493 e. The molecule has 0 radical (unpaired) electrons. The number of aromatic nitrogens is 1. The van der Waals surface area contributed by atoms with E-state index in [0.717, 1.165) is 37.6 Å². The maximum Gasteiger partial charge on any atom is 0.122 e. The highest BCUT2D eigenvalue weighted by atomic mass is 16.5. The Morgan fingerprint density at radius 1 is 1.19 bits per heavy atom. The molecule has 1 aromatic carbocycles. The Hall–Kier alpha value is -1.91. The molecule has 1 aromatic heterocycles. The van der Waals surface area contributed by atoms with Crippen molar-refractivity contribution >= 4 is 0 Å². The minimum atomic E-state index is 0.649. The Balaban J connectivity index is 1.31. The summed E-state index contributed by atoms with van der Waals surface area (Å²) in [6.07, 6.45) is 6.73. The van der Waals surface area contributed by atoms with E-state index in [0.29, 0.717) is 6.04 Å². The van der Waals surface area contributed by atoms with Crippen LogP contribution in [0.1, 0.15) is 36.1 Å². The number of ether oxygens (including phenoxy) is 1. The molecule has 3 heterocycles. The summed E-state index contributed by atoms with van der Waals surface area (Å²) in [5, 5.41) is 0. The molecule has 0 N–H and O–H groups in total. The van der Waals surface area contributed by atoms with E-state index >= 15 is 0 Å². The number of rotatable bonds is 5. The molecule has 0 unspecified atom stereocenters. The average Bonchev–Trinajstić information content (AvgIpc) is 3.00. The van der Waals surface area contributed by atoms with Gasteiger partial charge in [-0.05, 0) is 68.7 Å². The van der Waals surface area contributed by atoms with Crippen molar-refractivity contribution in [3.8, 4) is 5.75 Å². The molecular formula is C22H29N3O. The van der Waals surface area contributed by atoms with Gasteiger partial charge in [-0.1, -0.05) is 18.2 Å². The van der Waals surface area contributed by atoms with Gasteiger partial charge in [0.05, 0.1) is 12.3 Å². The molecule has 1 saturated heterocycles. The SMILES string of the molecule is CN(Cc1ccccn1)[C@H]1CCCN(Cc2ccc3c(c2)CCO3)CC1. The van der Waals surface area contributed by atoms with Crippen LogP contribution in [0.3, 0.4) is 0 Å². The predicted molar refractivity (Wildman–Crippen MR) is 104 cm³/mol. The Morgan fingerprint density at radius 2 is 2.15 bits per heavy atom. The maximum atomic E-state index is 5.63. The van der Waals surface area contributed by atoms with Crippen molar-refractivity contribution in [1.82, 2.24) is 14.8 Å². The maximum absolute atomic E-state index is 5.63. The van der Waals surface area contributed by atoms with Crippen molar-refractivity contribution in [3.05, 3.63) is 59.4 Å². The molecule has 26 heavy (non-hydrogen) atoms. The van der Waals surface area contributed by atoms with Gasteiger partial charge in [-0.25, -0.2) is 0 Å². The largest absolute Gasteiger partial charge is 0.493 e. The number of likely N-dealkylation sites (tertiary alicyclic amines) is 1. The molecule has 2 aliphatic rings. The summed E-state index contributed by atoms with van der Waals surface area (Å²) in [5.41, 5.74) is 3.97. The smallest absolute Gasteiger partial charge is 0.122 e. The molecule has 4 heteroatoms. The van der Waals surface area contributed by atoms with Gasteiger partial charge in [0.25, 0.3) is 0 Å². The number of benzene rings is 1. The lowest BCUT2D eigenvalue weighted by Crippen LogP contribution is -2.32. The van der Waals surface area contributed by atoms with Crippen LogP contribution < -0.4 is 4.74 Å². The van der Waals surface area contributed by atoms with Crippen LogP contribution in [0.5, 0.6) is 5.75 Å². The van der Waals surface area contributed by atoms with Gasteiger partial charge in [-0.15, -0.1) is 0 Å². The Labute approximate surface area is 156 Å². The van der Waals surface area contributed by atoms with E-state index in [4.69, 9.17) is 4.74 Å². The molecule has 2 aromatic rings. The molecule has 1 fully saturated rings. The second-order valence-electron chi connectivity index (χ2n) is 7.64. The molecule has 0 bridgehead atoms. The lowest BCUT2D eigenvalue weighted by Gasteiger charge is -2.27. The Kier molecular flexibility index (Phi) is 5.51. The molecule has 4 nitrogen and oxygen atoms in total. The van der Waals surface area contributed by atoms with Gasteiger partial charge >= 0.3 is 0 Å². The standard InChI is InChI=1S/C22H29N3O/c1-24(17-20-5-2-3-11-23-20)21-6-4-12-25(13-9-21)16-18-7-8-22-19(15-18)10-14-26-22/h2-3,5,7-8,11,15,21H,4,6,9-10,12-14,16-17H2,1H3/t21-/m0/s1. The normalized spacial score (nSPS) is 20.6. The highest BCUT2D eigenvalue weighted by Gasteiger charge is 2.21. The zero-order chi connectivity index (χ0) is 17.8. The van der Waals surface area contributed by atoms with E-state index in [-0.39, 0.29) is 0 Å². The Bertz CT molecular complexity index is 719. The van der Waals surface area contributed by atoms with Gasteiger partial charge in [0.1, 0.15) is 5.75 Å². The minimum absolute atomic E-state index is 0.649. The topological polar surface area (TPSA) is 28.6 Å². The first-order valence-electron chi connectivity index (χ1n) is 9.85. The third-order valence-corrected chi connectivity index (χ3v) is 5.71. The summed E-state index contributed by atoms with van der Waals surface area (Å²) in [6.45, 7) is 5.21. The average molecular weight is 351 g/mol. The fourth-order valence-corrected chi connectivity index (χ4v) is 4.21.